The van der Waals surface area contributed by atoms with E-state index >= 15 is 0 Å². The predicted molar refractivity (Wildman–Crippen MR) is 90.7 cm³/mol. The monoisotopic (exact) mass is 352 g/mol. The zero-order chi connectivity index (χ0) is 16.7. The Balaban J connectivity index is 1.88. The van der Waals surface area contributed by atoms with E-state index in [1.54, 1.807) is 25.3 Å². The smallest absolute Gasteiger partial charge is 0.277 e. The van der Waals surface area contributed by atoms with Gasteiger partial charge in [-0.05, 0) is 24.3 Å². The van der Waals surface area contributed by atoms with E-state index in [0.717, 1.165) is 5.56 Å². The van der Waals surface area contributed by atoms with Crippen LogP contribution in [0.1, 0.15) is 5.56 Å². The fourth-order valence-corrected chi connectivity index (χ4v) is 2.04. The maximum absolute atomic E-state index is 11.7. The first kappa shape index (κ1) is 17.1. The highest BCUT2D eigenvalue weighted by Gasteiger charge is 2.06. The lowest BCUT2D eigenvalue weighted by molar-refractivity contribution is -0.123. The summed E-state index contributed by atoms with van der Waals surface area (Å²) in [5.74, 6) is 0.572. The molecule has 0 aliphatic carbocycles. The molecule has 0 saturated heterocycles. The molecule has 0 aliphatic rings. The average Bonchev–Trinajstić information content (AvgIpc) is 2.56. The van der Waals surface area contributed by atoms with E-state index in [4.69, 9.17) is 32.7 Å². The van der Waals surface area contributed by atoms with E-state index in [1.807, 2.05) is 18.2 Å². The molecule has 0 spiro atoms. The number of hydrazone groups is 1. The van der Waals surface area contributed by atoms with E-state index < -0.39 is 5.91 Å². The lowest BCUT2D eigenvalue weighted by Crippen LogP contribution is -2.24. The van der Waals surface area contributed by atoms with Crippen molar-refractivity contribution in [1.82, 2.24) is 5.43 Å². The maximum Gasteiger partial charge on any atom is 0.277 e. The molecule has 2 aromatic carbocycles. The van der Waals surface area contributed by atoms with E-state index in [9.17, 15) is 4.79 Å². The van der Waals surface area contributed by atoms with Gasteiger partial charge in [0.25, 0.3) is 5.91 Å². The highest BCUT2D eigenvalue weighted by Crippen LogP contribution is 2.27. The Hall–Kier alpha value is -2.24. The predicted octanol–water partition coefficient (Wildman–Crippen LogP) is 3.53. The van der Waals surface area contributed by atoms with E-state index in [2.05, 4.69) is 10.5 Å². The van der Waals surface area contributed by atoms with Crippen LogP contribution in [0.2, 0.25) is 10.0 Å². The van der Waals surface area contributed by atoms with Gasteiger partial charge in [0.2, 0.25) is 0 Å². The zero-order valence-corrected chi connectivity index (χ0v) is 13.8. The lowest BCUT2D eigenvalue weighted by Gasteiger charge is -2.07. The Morgan fingerprint density at radius 3 is 2.78 bits per heavy atom. The molecule has 0 atom stereocenters. The molecule has 0 heterocycles. The number of hydrogen-bond donors (Lipinski definition) is 1. The third-order valence-corrected chi connectivity index (χ3v) is 3.33. The summed E-state index contributed by atoms with van der Waals surface area (Å²) in [5.41, 5.74) is 3.11. The number of benzene rings is 2. The van der Waals surface area contributed by atoms with Gasteiger partial charge < -0.3 is 9.47 Å². The van der Waals surface area contributed by atoms with Gasteiger partial charge in [-0.25, -0.2) is 5.43 Å². The number of nitrogens with one attached hydrogen (secondary N) is 1. The van der Waals surface area contributed by atoms with Crippen molar-refractivity contribution >= 4 is 35.3 Å². The van der Waals surface area contributed by atoms with Gasteiger partial charge in [-0.3, -0.25) is 4.79 Å². The normalized spacial score (nSPS) is 10.6. The highest BCUT2D eigenvalue weighted by molar-refractivity contribution is 6.34. The number of methoxy groups -OCH3 is 1. The van der Waals surface area contributed by atoms with Crippen molar-refractivity contribution in [1.29, 1.82) is 0 Å². The molecule has 0 unspecified atom stereocenters. The number of carbonyl (C=O) groups is 1. The molecule has 2 aromatic rings. The van der Waals surface area contributed by atoms with Gasteiger partial charge in [-0.2, -0.15) is 5.10 Å². The van der Waals surface area contributed by atoms with Crippen LogP contribution in [-0.2, 0) is 4.79 Å². The Kier molecular flexibility index (Phi) is 6.26. The quantitative estimate of drug-likeness (QED) is 0.638. The second-order valence-corrected chi connectivity index (χ2v) is 5.24. The molecule has 1 N–H and O–H groups in total. The summed E-state index contributed by atoms with van der Waals surface area (Å²) in [6, 6.07) is 12.1. The van der Waals surface area contributed by atoms with Crippen LogP contribution in [0.4, 0.5) is 0 Å². The van der Waals surface area contributed by atoms with Gasteiger partial charge in [-0.1, -0.05) is 35.3 Å². The number of carbonyl (C=O) groups excluding carboxylic acids is 1. The SMILES string of the molecule is COc1ccccc1/C=N/NC(=O)COc1cc(Cl)ccc1Cl. The van der Waals surface area contributed by atoms with Crippen LogP contribution < -0.4 is 14.9 Å². The molecule has 120 valence electrons. The van der Waals surface area contributed by atoms with Crippen molar-refractivity contribution in [2.45, 2.75) is 0 Å². The van der Waals surface area contributed by atoms with Gasteiger partial charge >= 0.3 is 0 Å². The summed E-state index contributed by atoms with van der Waals surface area (Å²) in [5, 5.41) is 4.70. The molecule has 2 rings (SSSR count). The van der Waals surface area contributed by atoms with Crippen LogP contribution in [0.25, 0.3) is 0 Å². The molecular formula is C16H14Cl2N2O3. The maximum atomic E-state index is 11.7. The summed E-state index contributed by atoms with van der Waals surface area (Å²) in [7, 11) is 1.56. The van der Waals surface area contributed by atoms with Gasteiger partial charge in [-0.15, -0.1) is 0 Å². The molecule has 23 heavy (non-hydrogen) atoms. The van der Waals surface area contributed by atoms with Gasteiger partial charge in [0.1, 0.15) is 11.5 Å². The largest absolute Gasteiger partial charge is 0.496 e. The number of para-hydroxylation sites is 1. The van der Waals surface area contributed by atoms with Crippen LogP contribution in [0, 0.1) is 0 Å². The van der Waals surface area contributed by atoms with Crippen molar-refractivity contribution in [2.75, 3.05) is 13.7 Å². The molecule has 0 saturated carbocycles. The van der Waals surface area contributed by atoms with Crippen molar-refractivity contribution in [3.63, 3.8) is 0 Å². The highest BCUT2D eigenvalue weighted by atomic mass is 35.5. The summed E-state index contributed by atoms with van der Waals surface area (Å²) < 4.78 is 10.5. The molecule has 0 bridgehead atoms. The first-order valence-corrected chi connectivity index (χ1v) is 7.38. The molecule has 5 nitrogen and oxygen atoms in total. The first-order chi connectivity index (χ1) is 11.1. The zero-order valence-electron chi connectivity index (χ0n) is 12.3. The first-order valence-electron chi connectivity index (χ1n) is 6.63. The second kappa shape index (κ2) is 8.41. The number of amides is 1. The summed E-state index contributed by atoms with van der Waals surface area (Å²) in [4.78, 5) is 11.7. The van der Waals surface area contributed by atoms with E-state index in [-0.39, 0.29) is 6.61 Å². The van der Waals surface area contributed by atoms with Crippen LogP contribution in [0.3, 0.4) is 0 Å². The van der Waals surface area contributed by atoms with Crippen molar-refractivity contribution in [3.8, 4) is 11.5 Å². The Bertz CT molecular complexity index is 720. The summed E-state index contributed by atoms with van der Waals surface area (Å²) >= 11 is 11.8. The minimum atomic E-state index is -0.424. The Morgan fingerprint density at radius 1 is 1.22 bits per heavy atom. The minimum Gasteiger partial charge on any atom is -0.496 e. The van der Waals surface area contributed by atoms with Crippen LogP contribution in [-0.4, -0.2) is 25.8 Å². The van der Waals surface area contributed by atoms with Crippen molar-refractivity contribution in [3.05, 3.63) is 58.1 Å². The van der Waals surface area contributed by atoms with E-state index in [0.29, 0.717) is 21.5 Å². The van der Waals surface area contributed by atoms with Crippen LogP contribution in [0.15, 0.2) is 47.6 Å². The summed E-state index contributed by atoms with van der Waals surface area (Å²) in [6.07, 6.45) is 1.49. The number of rotatable bonds is 6. The lowest BCUT2D eigenvalue weighted by atomic mass is 10.2. The molecule has 0 fully saturated rings. The Morgan fingerprint density at radius 2 is 2.00 bits per heavy atom. The van der Waals surface area contributed by atoms with Crippen molar-refractivity contribution in [2.24, 2.45) is 5.10 Å². The number of halogens is 2. The standard InChI is InChI=1S/C16H14Cl2N2O3/c1-22-14-5-3-2-4-11(14)9-19-20-16(21)10-23-15-8-12(17)6-7-13(15)18/h2-9H,10H2,1H3,(H,20,21)/b19-9+. The molecular weight excluding hydrogens is 339 g/mol. The number of nitrogens with zero attached hydrogens (tertiary/aromatic N) is 1. The molecule has 0 aliphatic heterocycles. The molecule has 0 aromatic heterocycles. The second-order valence-electron chi connectivity index (χ2n) is 4.40. The molecule has 7 heteroatoms. The Labute approximate surface area is 143 Å². The number of ether oxygens (including phenoxy) is 2. The molecule has 0 radical (unpaired) electrons. The third kappa shape index (κ3) is 5.16. The fourth-order valence-electron chi connectivity index (χ4n) is 1.71. The topological polar surface area (TPSA) is 59.9 Å². The number of hydrogen-bond acceptors (Lipinski definition) is 4. The summed E-state index contributed by atoms with van der Waals surface area (Å²) in [6.45, 7) is -0.233. The van der Waals surface area contributed by atoms with Gasteiger partial charge in [0.15, 0.2) is 6.61 Å². The average molecular weight is 353 g/mol. The van der Waals surface area contributed by atoms with Crippen LogP contribution in [0.5, 0.6) is 11.5 Å². The van der Waals surface area contributed by atoms with Crippen molar-refractivity contribution < 1.29 is 14.3 Å². The fraction of sp³-hybridized carbons (Fsp3) is 0.125. The minimum absolute atomic E-state index is 0.233. The third-order valence-electron chi connectivity index (χ3n) is 2.78. The van der Waals surface area contributed by atoms with Gasteiger partial charge in [0, 0.05) is 16.7 Å². The van der Waals surface area contributed by atoms with Crippen LogP contribution >= 0.6 is 23.2 Å². The molecule has 1 amide bonds. The van der Waals surface area contributed by atoms with Gasteiger partial charge in [0.05, 0.1) is 18.3 Å². The van der Waals surface area contributed by atoms with E-state index in [1.165, 1.54) is 12.3 Å².